The molecule has 0 saturated heterocycles. The van der Waals surface area contributed by atoms with Crippen molar-refractivity contribution in [1.82, 2.24) is 0 Å². The zero-order valence-electron chi connectivity index (χ0n) is 24.8. The summed E-state index contributed by atoms with van der Waals surface area (Å²) >= 11 is 0. The molecule has 0 amide bonds. The largest absolute Gasteiger partial charge is 0.153 e. The molecule has 208 valence electrons. The maximum absolute atomic E-state index is 5.67. The van der Waals surface area contributed by atoms with Crippen molar-refractivity contribution < 1.29 is 18.6 Å². The Balaban J connectivity index is 0.00000130. The third-order valence-electron chi connectivity index (χ3n) is 7.12. The number of benzene rings is 6. The molecule has 0 fully saturated rings. The monoisotopic (exact) mass is 805 g/mol. The quantitative estimate of drug-likeness (QED) is 0.0857. The van der Waals surface area contributed by atoms with Crippen molar-refractivity contribution in [3.63, 3.8) is 0 Å². The van der Waals surface area contributed by atoms with Crippen molar-refractivity contribution in [2.24, 2.45) is 0 Å². The van der Waals surface area contributed by atoms with Crippen molar-refractivity contribution in [2.75, 3.05) is 0 Å². The van der Waals surface area contributed by atoms with Gasteiger partial charge < -0.3 is 0 Å². The van der Waals surface area contributed by atoms with Crippen LogP contribution < -0.4 is 0 Å². The van der Waals surface area contributed by atoms with Crippen LogP contribution in [0.5, 0.6) is 0 Å². The van der Waals surface area contributed by atoms with Crippen LogP contribution in [0, 0.1) is 0 Å². The average Bonchev–Trinajstić information content (AvgIpc) is 3.09. The van der Waals surface area contributed by atoms with E-state index in [1.807, 2.05) is 0 Å². The summed E-state index contributed by atoms with van der Waals surface area (Å²) in [6.07, 6.45) is 4.55. The van der Waals surface area contributed by atoms with Crippen LogP contribution in [-0.2, 0) is 18.6 Å². The van der Waals surface area contributed by atoms with Gasteiger partial charge in [-0.15, -0.1) is 0 Å². The topological polar surface area (TPSA) is 0 Å². The van der Waals surface area contributed by atoms with E-state index in [1.54, 1.807) is 9.84 Å². The van der Waals surface area contributed by atoms with Crippen LogP contribution in [0.3, 0.4) is 0 Å². The van der Waals surface area contributed by atoms with Crippen LogP contribution >= 0.6 is 9.84 Å². The zero-order chi connectivity index (χ0) is 29.0. The van der Waals surface area contributed by atoms with Gasteiger partial charge in [-0.05, 0) is 67.8 Å². The van der Waals surface area contributed by atoms with E-state index in [-0.39, 0.29) is 44.8 Å². The molecular formula is C40H33BiPV. The van der Waals surface area contributed by atoms with Gasteiger partial charge >= 0.3 is 0 Å². The van der Waals surface area contributed by atoms with Crippen molar-refractivity contribution >= 4 is 59.3 Å². The molecule has 0 aliphatic carbocycles. The molecule has 0 nitrogen and oxygen atoms in total. The molecule has 0 spiro atoms. The Morgan fingerprint density at radius 3 is 0.837 bits per heavy atom. The molecule has 1 unspecified atom stereocenters. The van der Waals surface area contributed by atoms with Crippen LogP contribution in [0.4, 0.5) is 0 Å². The van der Waals surface area contributed by atoms with Gasteiger partial charge in [-0.25, -0.2) is 0 Å². The van der Waals surface area contributed by atoms with E-state index in [2.05, 4.69) is 182 Å². The molecule has 0 aliphatic heterocycles. The molecule has 0 N–H and O–H groups in total. The summed E-state index contributed by atoms with van der Waals surface area (Å²) in [5.74, 6) is 0. The summed E-state index contributed by atoms with van der Waals surface area (Å²) in [5, 5.41) is 0. The first-order chi connectivity index (χ1) is 20.8. The van der Waals surface area contributed by atoms with Gasteiger partial charge in [0.25, 0.3) is 0 Å². The Labute approximate surface area is 291 Å². The second kappa shape index (κ2) is 17.1. The third kappa shape index (κ3) is 8.86. The SMILES string of the molecule is C(=C(c1ccccc1)c1ccccc1)c1ccc(-c2ccc(C=C(c3ccccc3)c3ccccc3)cc2)cc1.[2H]P.[Bi].[V]. The first kappa shape index (κ1) is 32.6. The summed E-state index contributed by atoms with van der Waals surface area (Å²) in [6.45, 7) is 0. The van der Waals surface area contributed by atoms with E-state index in [0.29, 0.717) is 0 Å². The Hall–Kier alpha value is -3.30. The molecular weight excluding hydrogens is 771 g/mol. The first-order valence-corrected chi connectivity index (χ1v) is 13.7. The van der Waals surface area contributed by atoms with Crippen LogP contribution in [-0.4, -0.2) is 27.5 Å². The number of hydrogen-bond acceptors (Lipinski definition) is 0. The summed E-state index contributed by atoms with van der Waals surface area (Å²) in [6, 6.07) is 60.0. The summed E-state index contributed by atoms with van der Waals surface area (Å²) in [5.41, 5.74) is 12.1. The fraction of sp³-hybridized carbons (Fsp3) is 0. The Morgan fingerprint density at radius 1 is 0.372 bits per heavy atom. The van der Waals surface area contributed by atoms with Gasteiger partial charge in [0.15, 0.2) is 0 Å². The molecule has 43 heavy (non-hydrogen) atoms. The molecule has 0 aliphatic rings. The second-order valence-corrected chi connectivity index (χ2v) is 9.82. The molecule has 1 atom stereocenters. The molecule has 6 aromatic carbocycles. The van der Waals surface area contributed by atoms with Gasteiger partial charge in [0.05, 0.1) is 1.28 Å². The van der Waals surface area contributed by atoms with Crippen LogP contribution in [0.15, 0.2) is 170 Å². The Bertz CT molecular complexity index is 1520. The minimum absolute atomic E-state index is 0. The Kier molecular flexibility index (Phi) is 13.0. The van der Waals surface area contributed by atoms with Crippen molar-refractivity contribution in [3.05, 3.63) is 203 Å². The van der Waals surface area contributed by atoms with Gasteiger partial charge in [-0.2, -0.15) is 9.84 Å². The molecule has 0 saturated carbocycles. The van der Waals surface area contributed by atoms with E-state index < -0.39 is 0 Å². The van der Waals surface area contributed by atoms with Crippen LogP contribution in [0.1, 0.15) is 33.4 Å². The van der Waals surface area contributed by atoms with Crippen LogP contribution in [0.2, 0.25) is 0 Å². The fourth-order valence-corrected chi connectivity index (χ4v) is 5.01. The molecule has 4 radical (unpaired) electrons. The van der Waals surface area contributed by atoms with E-state index in [1.165, 1.54) is 55.7 Å². The summed E-state index contributed by atoms with van der Waals surface area (Å²) in [7, 11) is 1.67. The minimum atomic E-state index is 0. The van der Waals surface area contributed by atoms with Gasteiger partial charge in [-0.3, -0.25) is 0 Å². The van der Waals surface area contributed by atoms with Gasteiger partial charge in [-0.1, -0.05) is 170 Å². The van der Waals surface area contributed by atoms with Crippen molar-refractivity contribution in [1.29, 1.82) is 1.28 Å². The van der Waals surface area contributed by atoms with E-state index in [4.69, 9.17) is 1.28 Å². The van der Waals surface area contributed by atoms with Crippen LogP contribution in [0.25, 0.3) is 34.4 Å². The van der Waals surface area contributed by atoms with Crippen molar-refractivity contribution in [2.45, 2.75) is 0 Å². The maximum atomic E-state index is 5.67. The predicted octanol–water partition coefficient (Wildman–Crippen LogP) is 10.2. The second-order valence-electron chi connectivity index (χ2n) is 9.82. The average molecular weight is 806 g/mol. The van der Waals surface area contributed by atoms with Crippen molar-refractivity contribution in [3.8, 4) is 11.1 Å². The predicted molar refractivity (Wildman–Crippen MR) is 188 cm³/mol. The normalized spacial score (nSPS) is 9.93. The van der Waals surface area contributed by atoms with Gasteiger partial charge in [0.2, 0.25) is 0 Å². The molecule has 0 heterocycles. The molecule has 6 rings (SSSR count). The van der Waals surface area contributed by atoms with E-state index >= 15 is 0 Å². The zero-order valence-corrected chi connectivity index (χ0v) is 29.8. The van der Waals surface area contributed by atoms with Gasteiger partial charge in [0.1, 0.15) is 0 Å². The third-order valence-corrected chi connectivity index (χ3v) is 7.12. The number of hydrogen-bond donors (Lipinski definition) is 0. The van der Waals surface area contributed by atoms with Gasteiger partial charge in [0, 0.05) is 44.8 Å². The Morgan fingerprint density at radius 2 is 0.605 bits per heavy atom. The minimum Gasteiger partial charge on any atom is -0.153 e. The smallest absolute Gasteiger partial charge is 0.0511 e. The van der Waals surface area contributed by atoms with E-state index in [0.717, 1.165) is 0 Å². The number of rotatable bonds is 7. The first-order valence-electron chi connectivity index (χ1n) is 14.3. The summed E-state index contributed by atoms with van der Waals surface area (Å²) in [4.78, 5) is 0. The fourth-order valence-electron chi connectivity index (χ4n) is 5.01. The standard InChI is InChI=1S/C40H30.Bi.H3P.V/c1-5-13-35(14-6-1)39(36-15-7-2-8-16-36)29-31-21-25-33(26-22-31)34-27-23-32(24-28-34)30-40(37-17-9-3-10-18-37)38-19-11-4-12-20-38;;;/h1-30H;;1H3;/i;;1D;. The molecule has 6 aromatic rings. The molecule has 0 aromatic heterocycles. The molecule has 0 bridgehead atoms. The van der Waals surface area contributed by atoms with E-state index in [9.17, 15) is 0 Å². The molecule has 3 heteroatoms. The summed E-state index contributed by atoms with van der Waals surface area (Å²) < 4.78 is 5.67. The maximum Gasteiger partial charge on any atom is 0.0511 e.